The molecule has 2 saturated heterocycles. The number of morpholine rings is 1. The number of carboxylic acid groups (broad SMARTS) is 1. The number of ether oxygens (including phenoxy) is 1. The van der Waals surface area contributed by atoms with Crippen LogP contribution in [0.2, 0.25) is 0 Å². The van der Waals surface area contributed by atoms with Gasteiger partial charge in [0.2, 0.25) is 0 Å². The van der Waals surface area contributed by atoms with Crippen molar-refractivity contribution < 1.29 is 23.4 Å². The molecule has 0 bridgehead atoms. The van der Waals surface area contributed by atoms with E-state index in [4.69, 9.17) is 4.74 Å². The van der Waals surface area contributed by atoms with Crippen LogP contribution in [0.3, 0.4) is 0 Å². The van der Waals surface area contributed by atoms with Gasteiger partial charge < -0.3 is 24.5 Å². The first-order valence-corrected chi connectivity index (χ1v) is 11.5. The lowest BCUT2D eigenvalue weighted by molar-refractivity contribution is 0.0788. The number of fused-ring (bicyclic) bond motifs is 1. The second kappa shape index (κ2) is 9.59. The summed E-state index contributed by atoms with van der Waals surface area (Å²) in [6.07, 6.45) is 2.06. The predicted octanol–water partition coefficient (Wildman–Crippen LogP) is 3.10. The van der Waals surface area contributed by atoms with E-state index in [0.717, 1.165) is 11.8 Å². The van der Waals surface area contributed by atoms with Gasteiger partial charge in [-0.1, -0.05) is 0 Å². The molecule has 5 rings (SSSR count). The van der Waals surface area contributed by atoms with Gasteiger partial charge in [0.15, 0.2) is 0 Å². The minimum Gasteiger partial charge on any atom is -0.465 e. The number of aromatic nitrogens is 2. The van der Waals surface area contributed by atoms with Crippen LogP contribution in [0.15, 0.2) is 36.7 Å². The highest BCUT2D eigenvalue weighted by Gasteiger charge is 2.31. The summed E-state index contributed by atoms with van der Waals surface area (Å²) in [6.45, 7) is 4.85. The molecular formula is C24H26F2N6O3. The Morgan fingerprint density at radius 2 is 2.06 bits per heavy atom. The van der Waals surface area contributed by atoms with Crippen molar-refractivity contribution in [2.75, 3.05) is 55.7 Å². The summed E-state index contributed by atoms with van der Waals surface area (Å²) >= 11 is 0. The molecule has 1 unspecified atom stereocenters. The number of nitrogens with zero attached hydrogens (tertiary/aromatic N) is 5. The first-order valence-electron chi connectivity index (χ1n) is 11.5. The number of hydrogen-bond acceptors (Lipinski definition) is 7. The lowest BCUT2D eigenvalue weighted by Gasteiger charge is -2.39. The number of rotatable bonds is 4. The molecule has 11 heteroatoms. The van der Waals surface area contributed by atoms with Crippen molar-refractivity contribution in [3.8, 4) is 0 Å². The summed E-state index contributed by atoms with van der Waals surface area (Å²) < 4.78 is 35.4. The number of amides is 1. The number of hydrogen-bond donors (Lipinski definition) is 2. The molecule has 0 spiro atoms. The minimum atomic E-state index is -0.969. The normalized spacial score (nSPS) is 18.7. The number of benzene rings is 1. The van der Waals surface area contributed by atoms with E-state index >= 15 is 4.39 Å². The Morgan fingerprint density at radius 1 is 1.26 bits per heavy atom. The lowest BCUT2D eigenvalue weighted by Crippen LogP contribution is -2.51. The molecule has 9 nitrogen and oxygen atoms in total. The van der Waals surface area contributed by atoms with Crippen LogP contribution in [0.1, 0.15) is 5.56 Å². The molecule has 4 heterocycles. The highest BCUT2D eigenvalue weighted by molar-refractivity contribution is 5.98. The second-order valence-corrected chi connectivity index (χ2v) is 8.57. The van der Waals surface area contributed by atoms with E-state index in [1.54, 1.807) is 18.5 Å². The number of pyridine rings is 2. The maximum absolute atomic E-state index is 15.4. The maximum atomic E-state index is 15.4. The maximum Gasteiger partial charge on any atom is 0.407 e. The molecule has 1 aromatic carbocycles. The summed E-state index contributed by atoms with van der Waals surface area (Å²) in [6, 6.07) is 5.77. The number of halogens is 2. The van der Waals surface area contributed by atoms with E-state index in [0.29, 0.717) is 63.0 Å². The molecule has 184 valence electrons. The van der Waals surface area contributed by atoms with Gasteiger partial charge >= 0.3 is 6.09 Å². The van der Waals surface area contributed by atoms with Crippen LogP contribution < -0.4 is 15.1 Å². The Morgan fingerprint density at radius 3 is 2.71 bits per heavy atom. The molecule has 0 radical (unpaired) electrons. The summed E-state index contributed by atoms with van der Waals surface area (Å²) in [5, 5.41) is 12.9. The van der Waals surface area contributed by atoms with Crippen molar-refractivity contribution in [1.82, 2.24) is 20.2 Å². The average Bonchev–Trinajstić information content (AvgIpc) is 2.86. The van der Waals surface area contributed by atoms with E-state index in [2.05, 4.69) is 15.3 Å². The third-order valence-corrected chi connectivity index (χ3v) is 6.42. The van der Waals surface area contributed by atoms with Gasteiger partial charge in [0, 0.05) is 56.6 Å². The molecule has 1 atom stereocenters. The molecule has 2 aliphatic heterocycles. The fourth-order valence-corrected chi connectivity index (χ4v) is 4.77. The van der Waals surface area contributed by atoms with Crippen LogP contribution in [-0.4, -0.2) is 78.2 Å². The van der Waals surface area contributed by atoms with Crippen LogP contribution in [0.25, 0.3) is 10.9 Å². The molecule has 0 aliphatic carbocycles. The zero-order chi connectivity index (χ0) is 24.5. The highest BCUT2D eigenvalue weighted by Crippen LogP contribution is 2.41. The average molecular weight is 485 g/mol. The first-order chi connectivity index (χ1) is 16.9. The van der Waals surface area contributed by atoms with E-state index in [-0.39, 0.29) is 17.1 Å². The minimum absolute atomic E-state index is 0.185. The fourth-order valence-electron chi connectivity index (χ4n) is 4.77. The predicted molar refractivity (Wildman–Crippen MR) is 127 cm³/mol. The molecule has 0 saturated carbocycles. The summed E-state index contributed by atoms with van der Waals surface area (Å²) in [7, 11) is 0. The van der Waals surface area contributed by atoms with E-state index in [1.165, 1.54) is 11.0 Å². The Kier molecular flexibility index (Phi) is 6.35. The van der Waals surface area contributed by atoms with Gasteiger partial charge in [-0.2, -0.15) is 0 Å². The first kappa shape index (κ1) is 23.2. The number of anilines is 3. The van der Waals surface area contributed by atoms with Crippen LogP contribution in [0.5, 0.6) is 0 Å². The molecule has 35 heavy (non-hydrogen) atoms. The van der Waals surface area contributed by atoms with Crippen molar-refractivity contribution in [2.24, 2.45) is 0 Å². The smallest absolute Gasteiger partial charge is 0.407 e. The van der Waals surface area contributed by atoms with Gasteiger partial charge in [-0.15, -0.1) is 0 Å². The molecule has 3 aromatic rings. The number of carbonyl (C=O) groups is 1. The largest absolute Gasteiger partial charge is 0.465 e. The zero-order valence-electron chi connectivity index (χ0n) is 19.2. The standard InChI is InChI=1S/C24H26F2N6O3/c1-15-22(32(17-3-2-4-27-13-17)20-14-35-10-5-28-20)21-18(26)11-16(25)12-19(21)29-23(15)30-6-8-31(9-7-30)24(33)34/h2-4,11-13,20,28H,5-10,14H2,1H3,(H,33,34). The quantitative estimate of drug-likeness (QED) is 0.584. The van der Waals surface area contributed by atoms with Crippen LogP contribution in [0, 0.1) is 18.6 Å². The Hall–Kier alpha value is -3.57. The Labute approximate surface area is 200 Å². The van der Waals surface area contributed by atoms with Crippen molar-refractivity contribution in [2.45, 2.75) is 13.1 Å². The Balaban J connectivity index is 1.70. The van der Waals surface area contributed by atoms with Crippen molar-refractivity contribution in [3.63, 3.8) is 0 Å². The van der Waals surface area contributed by atoms with Crippen LogP contribution in [-0.2, 0) is 4.74 Å². The summed E-state index contributed by atoms with van der Waals surface area (Å²) in [5.74, 6) is -0.863. The lowest BCUT2D eigenvalue weighted by atomic mass is 10.0. The molecule has 2 fully saturated rings. The molecular weight excluding hydrogens is 458 g/mol. The third-order valence-electron chi connectivity index (χ3n) is 6.42. The second-order valence-electron chi connectivity index (χ2n) is 8.57. The SMILES string of the molecule is Cc1c(N2CCN(C(=O)O)CC2)nc2cc(F)cc(F)c2c1N(c1cccnc1)C1COCCN1. The van der Waals surface area contributed by atoms with Crippen molar-refractivity contribution in [3.05, 3.63) is 53.9 Å². The molecule has 2 aliphatic rings. The van der Waals surface area contributed by atoms with Gasteiger partial charge in [0.1, 0.15) is 23.6 Å². The van der Waals surface area contributed by atoms with Gasteiger partial charge in [0.25, 0.3) is 0 Å². The fraction of sp³-hybridized carbons (Fsp3) is 0.375. The molecule has 1 amide bonds. The van der Waals surface area contributed by atoms with Gasteiger partial charge in [0.05, 0.1) is 41.7 Å². The summed E-state index contributed by atoms with van der Waals surface area (Å²) in [4.78, 5) is 25.5. The zero-order valence-corrected chi connectivity index (χ0v) is 19.2. The van der Waals surface area contributed by atoms with Crippen molar-refractivity contribution in [1.29, 1.82) is 0 Å². The number of piperazine rings is 1. The van der Waals surface area contributed by atoms with Gasteiger partial charge in [-0.3, -0.25) is 10.3 Å². The van der Waals surface area contributed by atoms with E-state index in [1.807, 2.05) is 22.8 Å². The third kappa shape index (κ3) is 4.44. The van der Waals surface area contributed by atoms with Crippen molar-refractivity contribution >= 4 is 34.2 Å². The van der Waals surface area contributed by atoms with Gasteiger partial charge in [-0.05, 0) is 19.1 Å². The molecule has 2 aromatic heterocycles. The molecule has 2 N–H and O–H groups in total. The summed E-state index contributed by atoms with van der Waals surface area (Å²) in [5.41, 5.74) is 2.14. The van der Waals surface area contributed by atoms with E-state index < -0.39 is 17.7 Å². The van der Waals surface area contributed by atoms with Crippen LogP contribution in [0.4, 0.5) is 30.8 Å². The van der Waals surface area contributed by atoms with Crippen LogP contribution >= 0.6 is 0 Å². The monoisotopic (exact) mass is 484 g/mol. The van der Waals surface area contributed by atoms with Gasteiger partial charge in [-0.25, -0.2) is 18.6 Å². The Bertz CT molecular complexity index is 1230. The topological polar surface area (TPSA) is 94.1 Å². The van der Waals surface area contributed by atoms with E-state index in [9.17, 15) is 14.3 Å². The number of nitrogens with one attached hydrogen (secondary N) is 1. The highest BCUT2D eigenvalue weighted by atomic mass is 19.1.